The molecular formula is C6H13NS. The normalized spacial score (nSPS) is 10.2. The Balaban J connectivity index is 2.72. The molecule has 1 nitrogen and oxygen atoms in total. The van der Waals surface area contributed by atoms with Gasteiger partial charge < -0.3 is 5.32 Å². The summed E-state index contributed by atoms with van der Waals surface area (Å²) in [6.45, 7) is 3.08. The highest BCUT2D eigenvalue weighted by Gasteiger charge is 1.75. The number of rotatable bonds is 4. The molecule has 0 aromatic carbocycles. The summed E-state index contributed by atoms with van der Waals surface area (Å²) in [5.41, 5.74) is 0. The Morgan fingerprint density at radius 2 is 2.38 bits per heavy atom. The van der Waals surface area contributed by atoms with Crippen molar-refractivity contribution >= 4 is 11.8 Å². The molecule has 0 saturated heterocycles. The van der Waals surface area contributed by atoms with Crippen LogP contribution < -0.4 is 5.32 Å². The zero-order chi connectivity index (χ0) is 6.24. The zero-order valence-electron chi connectivity index (χ0n) is 5.48. The highest BCUT2D eigenvalue weighted by Crippen LogP contribution is 1.86. The van der Waals surface area contributed by atoms with Crippen LogP contribution in [0.1, 0.15) is 6.92 Å². The molecule has 0 aliphatic rings. The molecule has 48 valence electrons. The minimum atomic E-state index is 1.07. The van der Waals surface area contributed by atoms with Crippen LogP contribution in [0.3, 0.4) is 0 Å². The molecular weight excluding hydrogens is 118 g/mol. The van der Waals surface area contributed by atoms with Crippen molar-refractivity contribution in [2.45, 2.75) is 6.92 Å². The maximum absolute atomic E-state index is 3.13. The van der Waals surface area contributed by atoms with E-state index in [1.54, 1.807) is 0 Å². The molecule has 0 aliphatic heterocycles. The van der Waals surface area contributed by atoms with Crippen LogP contribution >= 0.6 is 11.8 Å². The number of hydrogen-bond donors (Lipinski definition) is 1. The van der Waals surface area contributed by atoms with Gasteiger partial charge in [0.25, 0.3) is 0 Å². The van der Waals surface area contributed by atoms with E-state index < -0.39 is 0 Å². The lowest BCUT2D eigenvalue weighted by Crippen LogP contribution is -2.08. The van der Waals surface area contributed by atoms with Crippen LogP contribution in [0.25, 0.3) is 0 Å². The molecule has 0 fully saturated rings. The molecule has 0 radical (unpaired) electrons. The van der Waals surface area contributed by atoms with Crippen molar-refractivity contribution in [1.29, 1.82) is 0 Å². The fourth-order valence-corrected chi connectivity index (χ4v) is 0.684. The van der Waals surface area contributed by atoms with Gasteiger partial charge in [-0.25, -0.2) is 0 Å². The molecule has 2 heteroatoms. The van der Waals surface area contributed by atoms with Crippen molar-refractivity contribution in [3.05, 3.63) is 12.3 Å². The topological polar surface area (TPSA) is 12.0 Å². The lowest BCUT2D eigenvalue weighted by molar-refractivity contribution is 0.928. The average Bonchev–Trinajstić information content (AvgIpc) is 1.81. The van der Waals surface area contributed by atoms with Gasteiger partial charge in [-0.2, -0.15) is 11.8 Å². The maximum Gasteiger partial charge on any atom is 0.0232 e. The lowest BCUT2D eigenvalue weighted by Gasteiger charge is -1.94. The molecule has 0 amide bonds. The minimum Gasteiger partial charge on any atom is -0.390 e. The molecule has 0 saturated carbocycles. The number of allylic oxidation sites excluding steroid dienone is 1. The van der Waals surface area contributed by atoms with E-state index in [0.717, 1.165) is 6.54 Å². The quantitative estimate of drug-likeness (QED) is 0.580. The van der Waals surface area contributed by atoms with Crippen molar-refractivity contribution in [2.75, 3.05) is 18.6 Å². The summed E-state index contributed by atoms with van der Waals surface area (Å²) in [6, 6.07) is 0. The molecule has 0 aromatic heterocycles. The second-order valence-corrected chi connectivity index (χ2v) is 2.43. The summed E-state index contributed by atoms with van der Waals surface area (Å²) in [6.07, 6.45) is 6.08. The smallest absolute Gasteiger partial charge is 0.0232 e. The largest absolute Gasteiger partial charge is 0.390 e. The van der Waals surface area contributed by atoms with Gasteiger partial charge in [-0.05, 0) is 19.4 Å². The van der Waals surface area contributed by atoms with Crippen LogP contribution in [0, 0.1) is 0 Å². The summed E-state index contributed by atoms with van der Waals surface area (Å²) in [7, 11) is 0. The van der Waals surface area contributed by atoms with Gasteiger partial charge in [0.05, 0.1) is 0 Å². The Labute approximate surface area is 55.5 Å². The first-order chi connectivity index (χ1) is 3.91. The van der Waals surface area contributed by atoms with Gasteiger partial charge in [0.2, 0.25) is 0 Å². The van der Waals surface area contributed by atoms with Gasteiger partial charge in [0.1, 0.15) is 0 Å². The Kier molecular flexibility index (Phi) is 6.80. The van der Waals surface area contributed by atoms with Crippen LogP contribution in [-0.2, 0) is 0 Å². The molecule has 0 bridgehead atoms. The molecule has 0 heterocycles. The molecule has 1 N–H and O–H groups in total. The second kappa shape index (κ2) is 6.89. The first-order valence-corrected chi connectivity index (χ1v) is 4.14. The minimum absolute atomic E-state index is 1.07. The number of thioether (sulfide) groups is 1. The van der Waals surface area contributed by atoms with Crippen molar-refractivity contribution in [3.8, 4) is 0 Å². The highest BCUT2D eigenvalue weighted by atomic mass is 32.2. The number of nitrogens with one attached hydrogen (secondary N) is 1. The summed E-state index contributed by atoms with van der Waals surface area (Å²) in [4.78, 5) is 0. The predicted molar refractivity (Wildman–Crippen MR) is 41.2 cm³/mol. The Hall–Kier alpha value is -0.110. The third kappa shape index (κ3) is 5.89. The van der Waals surface area contributed by atoms with Crippen LogP contribution in [0.4, 0.5) is 0 Å². The molecule has 0 aromatic rings. The van der Waals surface area contributed by atoms with Crippen molar-refractivity contribution in [3.63, 3.8) is 0 Å². The molecule has 0 atom stereocenters. The zero-order valence-corrected chi connectivity index (χ0v) is 6.29. The summed E-state index contributed by atoms with van der Waals surface area (Å²) in [5, 5.41) is 3.13. The summed E-state index contributed by atoms with van der Waals surface area (Å²) in [5.74, 6) is 1.18. The fourth-order valence-electron chi connectivity index (χ4n) is 0.362. The summed E-state index contributed by atoms with van der Waals surface area (Å²) >= 11 is 1.86. The van der Waals surface area contributed by atoms with Crippen molar-refractivity contribution in [1.82, 2.24) is 5.32 Å². The van der Waals surface area contributed by atoms with Gasteiger partial charge in [-0.1, -0.05) is 6.08 Å². The van der Waals surface area contributed by atoms with E-state index >= 15 is 0 Å². The van der Waals surface area contributed by atoms with Crippen molar-refractivity contribution < 1.29 is 0 Å². The third-order valence-corrected chi connectivity index (χ3v) is 1.35. The van der Waals surface area contributed by atoms with Gasteiger partial charge in [0, 0.05) is 12.3 Å². The molecule has 0 aliphatic carbocycles. The van der Waals surface area contributed by atoms with Gasteiger partial charge in [0.15, 0.2) is 0 Å². The third-order valence-electron chi connectivity index (χ3n) is 0.735. The van der Waals surface area contributed by atoms with E-state index in [1.165, 1.54) is 5.75 Å². The average molecular weight is 131 g/mol. The molecule has 0 unspecified atom stereocenters. The first-order valence-electron chi connectivity index (χ1n) is 2.75. The monoisotopic (exact) mass is 131 g/mol. The Morgan fingerprint density at radius 1 is 1.62 bits per heavy atom. The van der Waals surface area contributed by atoms with E-state index in [0.29, 0.717) is 0 Å². The second-order valence-electron chi connectivity index (χ2n) is 1.45. The summed E-state index contributed by atoms with van der Waals surface area (Å²) < 4.78 is 0. The van der Waals surface area contributed by atoms with Crippen LogP contribution in [0.2, 0.25) is 0 Å². The van der Waals surface area contributed by atoms with Gasteiger partial charge >= 0.3 is 0 Å². The Morgan fingerprint density at radius 3 is 2.88 bits per heavy atom. The lowest BCUT2D eigenvalue weighted by atomic mass is 10.6. The van der Waals surface area contributed by atoms with Crippen LogP contribution in [-0.4, -0.2) is 18.6 Å². The first kappa shape index (κ1) is 7.89. The SMILES string of the molecule is C/C=C\NCCSC. The van der Waals surface area contributed by atoms with E-state index in [9.17, 15) is 0 Å². The molecule has 0 spiro atoms. The maximum atomic E-state index is 3.13. The van der Waals surface area contributed by atoms with Crippen LogP contribution in [0.5, 0.6) is 0 Å². The van der Waals surface area contributed by atoms with Crippen LogP contribution in [0.15, 0.2) is 12.3 Å². The predicted octanol–water partition coefficient (Wildman–Crippen LogP) is 1.47. The van der Waals surface area contributed by atoms with E-state index in [2.05, 4.69) is 11.6 Å². The molecule has 0 rings (SSSR count). The number of hydrogen-bond acceptors (Lipinski definition) is 2. The van der Waals surface area contributed by atoms with Gasteiger partial charge in [-0.15, -0.1) is 0 Å². The van der Waals surface area contributed by atoms with Gasteiger partial charge in [-0.3, -0.25) is 0 Å². The van der Waals surface area contributed by atoms with Crippen molar-refractivity contribution in [2.24, 2.45) is 0 Å². The van der Waals surface area contributed by atoms with E-state index in [-0.39, 0.29) is 0 Å². The fraction of sp³-hybridized carbons (Fsp3) is 0.667. The molecule has 8 heavy (non-hydrogen) atoms. The Bertz CT molecular complexity index is 61.5. The van der Waals surface area contributed by atoms with E-state index in [4.69, 9.17) is 0 Å². The van der Waals surface area contributed by atoms with E-state index in [1.807, 2.05) is 31.0 Å². The standard InChI is InChI=1S/C6H13NS/c1-3-4-7-5-6-8-2/h3-4,7H,5-6H2,1-2H3/b4-3-. The highest BCUT2D eigenvalue weighted by molar-refractivity contribution is 7.98.